The lowest BCUT2D eigenvalue weighted by molar-refractivity contribution is -0.123. The molecule has 3 amide bonds. The highest BCUT2D eigenvalue weighted by Crippen LogP contribution is 2.19. The first-order valence-electron chi connectivity index (χ1n) is 10.9. The summed E-state index contributed by atoms with van der Waals surface area (Å²) < 4.78 is 26.3. The van der Waals surface area contributed by atoms with Crippen molar-refractivity contribution in [2.24, 2.45) is 0 Å². The number of carbonyl (C=O) groups is 3. The van der Waals surface area contributed by atoms with E-state index in [0.29, 0.717) is 5.69 Å². The van der Waals surface area contributed by atoms with Crippen LogP contribution in [0.25, 0.3) is 0 Å². The van der Waals surface area contributed by atoms with Gasteiger partial charge in [0.1, 0.15) is 23.9 Å². The molecule has 0 spiro atoms. The van der Waals surface area contributed by atoms with Crippen molar-refractivity contribution >= 4 is 39.9 Å². The number of hydrogen-bond acceptors (Lipinski definition) is 4. The molecule has 2 N–H and O–H groups in total. The predicted molar refractivity (Wildman–Crippen MR) is 127 cm³/mol. The number of anilines is 2. The van der Waals surface area contributed by atoms with Crippen molar-refractivity contribution in [1.82, 2.24) is 5.32 Å². The van der Waals surface area contributed by atoms with Gasteiger partial charge < -0.3 is 15.5 Å². The molecule has 1 aliphatic carbocycles. The third kappa shape index (κ3) is 7.78. The Morgan fingerprint density at radius 1 is 1.03 bits per heavy atom. The number of amides is 3. The van der Waals surface area contributed by atoms with Crippen LogP contribution in [0.3, 0.4) is 0 Å². The number of rotatable bonds is 9. The molecule has 176 valence electrons. The largest absolute Gasteiger partial charge is 0.352 e. The Morgan fingerprint density at radius 3 is 2.39 bits per heavy atom. The summed E-state index contributed by atoms with van der Waals surface area (Å²) in [4.78, 5) is 38.8. The van der Waals surface area contributed by atoms with Crippen LogP contribution in [0.15, 0.2) is 48.5 Å². The Balaban J connectivity index is 1.61. The SMILES string of the molecule is Cc1ccc(NC(=O)C[S@](=O)CC(=O)N(CC(=O)NC2CCCC2)c2cccc(F)c2)cc1. The predicted octanol–water partition coefficient (Wildman–Crippen LogP) is 2.91. The molecule has 33 heavy (non-hydrogen) atoms. The molecule has 2 aromatic rings. The van der Waals surface area contributed by atoms with Crippen LogP contribution < -0.4 is 15.5 Å². The van der Waals surface area contributed by atoms with E-state index in [9.17, 15) is 23.0 Å². The Bertz CT molecular complexity index is 1020. The number of halogens is 1. The standard InChI is InChI=1S/C24H28FN3O4S/c1-17-9-11-20(12-10-17)27-23(30)15-33(32)16-24(31)28(21-8-4-5-18(25)13-21)14-22(29)26-19-6-2-3-7-19/h4-5,8-13,19H,2-3,6-7,14-16H2,1H3,(H,26,29)(H,27,30)/t33-/m0/s1. The minimum atomic E-state index is -1.81. The molecule has 0 aromatic heterocycles. The third-order valence-corrected chi connectivity index (χ3v) is 6.51. The summed E-state index contributed by atoms with van der Waals surface area (Å²) in [5.41, 5.74) is 1.80. The van der Waals surface area contributed by atoms with Crippen LogP contribution in [0, 0.1) is 12.7 Å². The topological polar surface area (TPSA) is 95.6 Å². The molecule has 1 saturated carbocycles. The zero-order chi connectivity index (χ0) is 23.8. The second-order valence-corrected chi connectivity index (χ2v) is 9.61. The summed E-state index contributed by atoms with van der Waals surface area (Å²) in [5.74, 6) is -2.85. The first-order chi connectivity index (χ1) is 15.8. The van der Waals surface area contributed by atoms with Gasteiger partial charge in [-0.2, -0.15) is 0 Å². The average molecular weight is 474 g/mol. The van der Waals surface area contributed by atoms with Crippen molar-refractivity contribution in [3.8, 4) is 0 Å². The molecule has 0 radical (unpaired) electrons. The molecule has 0 bridgehead atoms. The van der Waals surface area contributed by atoms with Gasteiger partial charge in [-0.25, -0.2) is 4.39 Å². The van der Waals surface area contributed by atoms with Gasteiger partial charge in [0.15, 0.2) is 0 Å². The molecule has 1 fully saturated rings. The van der Waals surface area contributed by atoms with Crippen LogP contribution in [0.4, 0.5) is 15.8 Å². The second kappa shape index (κ2) is 11.7. The van der Waals surface area contributed by atoms with Gasteiger partial charge >= 0.3 is 0 Å². The molecule has 3 rings (SSSR count). The van der Waals surface area contributed by atoms with E-state index < -0.39 is 34.2 Å². The van der Waals surface area contributed by atoms with Crippen molar-refractivity contribution in [2.75, 3.05) is 28.3 Å². The normalized spacial score (nSPS) is 14.5. The first-order valence-corrected chi connectivity index (χ1v) is 12.4. The van der Waals surface area contributed by atoms with Gasteiger partial charge in [0.05, 0.1) is 0 Å². The van der Waals surface area contributed by atoms with E-state index in [1.165, 1.54) is 18.2 Å². The molecule has 1 aliphatic rings. The highest BCUT2D eigenvalue weighted by Gasteiger charge is 2.24. The Hall–Kier alpha value is -3.07. The second-order valence-electron chi connectivity index (χ2n) is 8.15. The lowest BCUT2D eigenvalue weighted by Gasteiger charge is -2.23. The lowest BCUT2D eigenvalue weighted by atomic mass is 10.2. The van der Waals surface area contributed by atoms with E-state index in [0.717, 1.165) is 42.2 Å². The van der Waals surface area contributed by atoms with Crippen molar-refractivity contribution in [1.29, 1.82) is 0 Å². The number of hydrogen-bond donors (Lipinski definition) is 2. The van der Waals surface area contributed by atoms with Crippen molar-refractivity contribution in [2.45, 2.75) is 38.6 Å². The van der Waals surface area contributed by atoms with E-state index in [1.807, 2.05) is 19.1 Å². The van der Waals surface area contributed by atoms with Crippen LogP contribution in [0.5, 0.6) is 0 Å². The van der Waals surface area contributed by atoms with Gasteiger partial charge in [-0.15, -0.1) is 0 Å². The number of aryl methyl sites for hydroxylation is 1. The minimum absolute atomic E-state index is 0.0709. The van der Waals surface area contributed by atoms with Crippen LogP contribution in [-0.4, -0.2) is 46.0 Å². The van der Waals surface area contributed by atoms with Gasteiger partial charge in [-0.1, -0.05) is 36.6 Å². The highest BCUT2D eigenvalue weighted by atomic mass is 32.2. The molecule has 7 nitrogen and oxygen atoms in total. The van der Waals surface area contributed by atoms with E-state index in [1.54, 1.807) is 12.1 Å². The zero-order valence-corrected chi connectivity index (χ0v) is 19.3. The number of benzene rings is 2. The third-order valence-electron chi connectivity index (χ3n) is 5.35. The maximum atomic E-state index is 13.8. The summed E-state index contributed by atoms with van der Waals surface area (Å²) in [5, 5.41) is 5.54. The van der Waals surface area contributed by atoms with Gasteiger partial charge in [-0.3, -0.25) is 18.6 Å². The van der Waals surface area contributed by atoms with E-state index >= 15 is 0 Å². The lowest BCUT2D eigenvalue weighted by Crippen LogP contribution is -2.45. The van der Waals surface area contributed by atoms with Crippen LogP contribution in [0.2, 0.25) is 0 Å². The van der Waals surface area contributed by atoms with Gasteiger partial charge in [0.25, 0.3) is 0 Å². The maximum absolute atomic E-state index is 13.8. The van der Waals surface area contributed by atoms with Crippen LogP contribution >= 0.6 is 0 Å². The number of nitrogens with one attached hydrogen (secondary N) is 2. The van der Waals surface area contributed by atoms with Crippen LogP contribution in [0.1, 0.15) is 31.2 Å². The fourth-order valence-electron chi connectivity index (χ4n) is 3.70. The van der Waals surface area contributed by atoms with Crippen molar-refractivity contribution in [3.05, 3.63) is 59.9 Å². The maximum Gasteiger partial charge on any atom is 0.240 e. The summed E-state index contributed by atoms with van der Waals surface area (Å²) in [6.07, 6.45) is 3.86. The molecule has 0 unspecified atom stereocenters. The molecular formula is C24H28FN3O4S. The summed E-state index contributed by atoms with van der Waals surface area (Å²) in [7, 11) is -1.81. The van der Waals surface area contributed by atoms with E-state index in [-0.39, 0.29) is 29.9 Å². The zero-order valence-electron chi connectivity index (χ0n) is 18.5. The summed E-state index contributed by atoms with van der Waals surface area (Å²) in [6.45, 7) is 1.61. The molecule has 9 heteroatoms. The minimum Gasteiger partial charge on any atom is -0.352 e. The quantitative estimate of drug-likeness (QED) is 0.585. The number of carbonyl (C=O) groups excluding carboxylic acids is 3. The molecular weight excluding hydrogens is 445 g/mol. The Kier molecular flexibility index (Phi) is 8.71. The van der Waals surface area contributed by atoms with Gasteiger partial charge in [0.2, 0.25) is 17.7 Å². The molecule has 0 saturated heterocycles. The van der Waals surface area contributed by atoms with Gasteiger partial charge in [0, 0.05) is 28.2 Å². The smallest absolute Gasteiger partial charge is 0.240 e. The fraction of sp³-hybridized carbons (Fsp3) is 0.375. The van der Waals surface area contributed by atoms with E-state index in [4.69, 9.17) is 0 Å². The first kappa shape index (κ1) is 24.6. The summed E-state index contributed by atoms with van der Waals surface area (Å²) in [6, 6.07) is 12.5. The highest BCUT2D eigenvalue weighted by molar-refractivity contribution is 7.86. The molecule has 1 atom stereocenters. The molecule has 0 aliphatic heterocycles. The fourth-order valence-corrected chi connectivity index (χ4v) is 4.60. The van der Waals surface area contributed by atoms with Crippen LogP contribution in [-0.2, 0) is 25.2 Å². The molecule has 2 aromatic carbocycles. The number of nitrogens with zero attached hydrogens (tertiary/aromatic N) is 1. The summed E-state index contributed by atoms with van der Waals surface area (Å²) >= 11 is 0. The van der Waals surface area contributed by atoms with Crippen molar-refractivity contribution in [3.63, 3.8) is 0 Å². The molecule has 0 heterocycles. The van der Waals surface area contributed by atoms with Gasteiger partial charge in [-0.05, 0) is 50.1 Å². The average Bonchev–Trinajstić information content (AvgIpc) is 3.26. The van der Waals surface area contributed by atoms with Crippen molar-refractivity contribution < 1.29 is 23.0 Å². The monoisotopic (exact) mass is 473 g/mol. The van der Waals surface area contributed by atoms with E-state index in [2.05, 4.69) is 10.6 Å². The Morgan fingerprint density at radius 2 is 1.73 bits per heavy atom. The Labute approximate surface area is 195 Å².